The highest BCUT2D eigenvalue weighted by Gasteiger charge is 2.12. The van der Waals surface area contributed by atoms with Crippen LogP contribution in [0.4, 0.5) is 0 Å². The van der Waals surface area contributed by atoms with Gasteiger partial charge in [-0.15, -0.1) is 11.8 Å². The van der Waals surface area contributed by atoms with Crippen LogP contribution in [0.5, 0.6) is 0 Å². The summed E-state index contributed by atoms with van der Waals surface area (Å²) in [6.45, 7) is 2.34. The van der Waals surface area contributed by atoms with E-state index < -0.39 is 6.04 Å². The normalized spacial score (nSPS) is 11.2. The van der Waals surface area contributed by atoms with Gasteiger partial charge in [-0.2, -0.15) is 0 Å². The van der Waals surface area contributed by atoms with Crippen LogP contribution in [0.15, 0.2) is 30.3 Å². The third-order valence-corrected chi connectivity index (χ3v) is 2.36. The third-order valence-electron chi connectivity index (χ3n) is 2.36. The number of rotatable bonds is 5. The Morgan fingerprint density at radius 2 is 2.12 bits per heavy atom. The zero-order chi connectivity index (χ0) is 12.5. The van der Waals surface area contributed by atoms with E-state index in [-0.39, 0.29) is 5.91 Å². The molecular weight excluding hydrogens is 212 g/mol. The lowest BCUT2D eigenvalue weighted by atomic mass is 10.1. The van der Waals surface area contributed by atoms with Gasteiger partial charge in [0.25, 0.3) is 0 Å². The van der Waals surface area contributed by atoms with Gasteiger partial charge in [0.1, 0.15) is 0 Å². The van der Waals surface area contributed by atoms with Crippen LogP contribution in [0.3, 0.4) is 0 Å². The smallest absolute Gasteiger partial charge is 0.237 e. The second-order valence-corrected chi connectivity index (χ2v) is 3.76. The average molecular weight is 230 g/mol. The molecule has 3 nitrogen and oxygen atoms in total. The van der Waals surface area contributed by atoms with E-state index in [2.05, 4.69) is 17.2 Å². The van der Waals surface area contributed by atoms with Gasteiger partial charge in [0, 0.05) is 13.0 Å². The molecule has 3 N–H and O–H groups in total. The molecule has 3 heteroatoms. The molecule has 0 heterocycles. The minimum Gasteiger partial charge on any atom is -0.354 e. The summed E-state index contributed by atoms with van der Waals surface area (Å²) in [5, 5.41) is 2.77. The minimum absolute atomic E-state index is 0.119. The molecule has 0 saturated carbocycles. The van der Waals surface area contributed by atoms with Crippen molar-refractivity contribution in [2.45, 2.75) is 25.8 Å². The van der Waals surface area contributed by atoms with E-state index in [4.69, 9.17) is 5.73 Å². The van der Waals surface area contributed by atoms with Crippen LogP contribution in [0.2, 0.25) is 0 Å². The van der Waals surface area contributed by atoms with E-state index in [1.165, 1.54) is 0 Å². The van der Waals surface area contributed by atoms with Crippen molar-refractivity contribution < 1.29 is 4.79 Å². The van der Waals surface area contributed by atoms with Gasteiger partial charge in [-0.25, -0.2) is 0 Å². The van der Waals surface area contributed by atoms with Gasteiger partial charge in [-0.3, -0.25) is 4.79 Å². The zero-order valence-electron chi connectivity index (χ0n) is 10.1. The maximum atomic E-state index is 11.6. The highest BCUT2D eigenvalue weighted by Crippen LogP contribution is 2.01. The molecule has 1 aromatic rings. The van der Waals surface area contributed by atoms with Gasteiger partial charge >= 0.3 is 0 Å². The van der Waals surface area contributed by atoms with Crippen molar-refractivity contribution in [3.8, 4) is 11.8 Å². The predicted molar refractivity (Wildman–Crippen MR) is 69.2 cm³/mol. The number of hydrogen-bond acceptors (Lipinski definition) is 2. The summed E-state index contributed by atoms with van der Waals surface area (Å²) in [4.78, 5) is 11.6. The lowest BCUT2D eigenvalue weighted by molar-refractivity contribution is -0.122. The quantitative estimate of drug-likeness (QED) is 0.587. The van der Waals surface area contributed by atoms with Crippen molar-refractivity contribution in [1.82, 2.24) is 5.32 Å². The van der Waals surface area contributed by atoms with Crippen molar-refractivity contribution in [3.05, 3.63) is 35.9 Å². The summed E-state index contributed by atoms with van der Waals surface area (Å²) >= 11 is 0. The molecule has 1 rings (SSSR count). The monoisotopic (exact) mass is 230 g/mol. The Morgan fingerprint density at radius 3 is 2.76 bits per heavy atom. The molecule has 0 aromatic heterocycles. The summed E-state index contributed by atoms with van der Waals surface area (Å²) in [5.74, 6) is 5.55. The van der Waals surface area contributed by atoms with Gasteiger partial charge in [-0.05, 0) is 18.9 Å². The van der Waals surface area contributed by atoms with Gasteiger partial charge in [-0.1, -0.05) is 30.3 Å². The lowest BCUT2D eigenvalue weighted by Gasteiger charge is -2.11. The Morgan fingerprint density at radius 1 is 1.41 bits per heavy atom. The summed E-state index contributed by atoms with van der Waals surface area (Å²) in [7, 11) is 0. The van der Waals surface area contributed by atoms with Gasteiger partial charge in [0.2, 0.25) is 5.91 Å². The molecule has 1 atom stereocenters. The molecule has 0 fully saturated rings. The van der Waals surface area contributed by atoms with E-state index in [9.17, 15) is 4.79 Å². The summed E-state index contributed by atoms with van der Waals surface area (Å²) < 4.78 is 0. The van der Waals surface area contributed by atoms with Crippen molar-refractivity contribution in [1.29, 1.82) is 0 Å². The standard InChI is InChI=1S/C14H18N2O/c1-2-3-7-10-16-14(17)13(15)11-12-8-5-4-6-9-12/h4-6,8-9,13H,7,10-11,15H2,1H3,(H,16,17)/t13-/m1/s1. The summed E-state index contributed by atoms with van der Waals surface area (Å²) in [6, 6.07) is 9.27. The van der Waals surface area contributed by atoms with Crippen LogP contribution in [-0.4, -0.2) is 18.5 Å². The van der Waals surface area contributed by atoms with Crippen LogP contribution in [0.25, 0.3) is 0 Å². The first-order valence-corrected chi connectivity index (χ1v) is 5.71. The first kappa shape index (κ1) is 13.3. The lowest BCUT2D eigenvalue weighted by Crippen LogP contribution is -2.42. The largest absolute Gasteiger partial charge is 0.354 e. The predicted octanol–water partition coefficient (Wildman–Crippen LogP) is 1.09. The molecular formula is C14H18N2O. The molecule has 17 heavy (non-hydrogen) atoms. The maximum absolute atomic E-state index is 11.6. The minimum atomic E-state index is -0.494. The average Bonchev–Trinajstić information content (AvgIpc) is 2.35. The van der Waals surface area contributed by atoms with Gasteiger partial charge in [0.05, 0.1) is 6.04 Å². The van der Waals surface area contributed by atoms with Crippen molar-refractivity contribution >= 4 is 5.91 Å². The first-order valence-electron chi connectivity index (χ1n) is 5.71. The van der Waals surface area contributed by atoms with Crippen molar-refractivity contribution in [3.63, 3.8) is 0 Å². The Labute approximate surface area is 102 Å². The highest BCUT2D eigenvalue weighted by atomic mass is 16.2. The second-order valence-electron chi connectivity index (χ2n) is 3.76. The molecule has 0 bridgehead atoms. The number of benzene rings is 1. The number of carbonyl (C=O) groups excluding carboxylic acids is 1. The van der Waals surface area contributed by atoms with Crippen LogP contribution in [-0.2, 0) is 11.2 Å². The highest BCUT2D eigenvalue weighted by molar-refractivity contribution is 5.81. The Kier molecular flexibility index (Phi) is 5.84. The Hall–Kier alpha value is -1.79. The molecule has 0 unspecified atom stereocenters. The molecule has 0 aliphatic heterocycles. The molecule has 0 aliphatic rings. The SMILES string of the molecule is CC#CCCNC(=O)[C@H](N)Cc1ccccc1. The van der Waals surface area contributed by atoms with E-state index in [0.717, 1.165) is 5.56 Å². The van der Waals surface area contributed by atoms with Gasteiger partial charge in [0.15, 0.2) is 0 Å². The number of amides is 1. The van der Waals surface area contributed by atoms with Crippen molar-refractivity contribution in [2.24, 2.45) is 5.73 Å². The van der Waals surface area contributed by atoms with E-state index in [0.29, 0.717) is 19.4 Å². The van der Waals surface area contributed by atoms with E-state index in [1.54, 1.807) is 6.92 Å². The number of nitrogens with two attached hydrogens (primary N) is 1. The third kappa shape index (κ3) is 5.19. The number of nitrogens with one attached hydrogen (secondary N) is 1. The Balaban J connectivity index is 2.33. The van der Waals surface area contributed by atoms with Crippen LogP contribution in [0, 0.1) is 11.8 Å². The molecule has 0 saturated heterocycles. The van der Waals surface area contributed by atoms with Crippen LogP contribution >= 0.6 is 0 Å². The van der Waals surface area contributed by atoms with Gasteiger partial charge < -0.3 is 11.1 Å². The molecule has 1 aromatic carbocycles. The fraction of sp³-hybridized carbons (Fsp3) is 0.357. The fourth-order valence-corrected chi connectivity index (χ4v) is 1.47. The molecule has 0 spiro atoms. The topological polar surface area (TPSA) is 55.1 Å². The van der Waals surface area contributed by atoms with Crippen LogP contribution < -0.4 is 11.1 Å². The Bertz CT molecular complexity index is 403. The molecule has 0 aliphatic carbocycles. The van der Waals surface area contributed by atoms with E-state index >= 15 is 0 Å². The summed E-state index contributed by atoms with van der Waals surface area (Å²) in [5.41, 5.74) is 6.89. The number of hydrogen-bond donors (Lipinski definition) is 2. The molecule has 0 radical (unpaired) electrons. The maximum Gasteiger partial charge on any atom is 0.237 e. The second kappa shape index (κ2) is 7.48. The summed E-state index contributed by atoms with van der Waals surface area (Å²) in [6.07, 6.45) is 1.23. The zero-order valence-corrected chi connectivity index (χ0v) is 10.1. The van der Waals surface area contributed by atoms with E-state index in [1.807, 2.05) is 30.3 Å². The fourth-order valence-electron chi connectivity index (χ4n) is 1.47. The first-order chi connectivity index (χ1) is 8.24. The van der Waals surface area contributed by atoms with Crippen LogP contribution in [0.1, 0.15) is 18.9 Å². The number of carbonyl (C=O) groups is 1. The molecule has 90 valence electrons. The molecule has 1 amide bonds. The van der Waals surface area contributed by atoms with Crippen molar-refractivity contribution in [2.75, 3.05) is 6.54 Å².